The van der Waals surface area contributed by atoms with Crippen molar-refractivity contribution >= 4 is 38.9 Å². The van der Waals surface area contributed by atoms with E-state index in [4.69, 9.17) is 23.2 Å². The summed E-state index contributed by atoms with van der Waals surface area (Å²) in [6.45, 7) is 0. The first-order valence-corrected chi connectivity index (χ1v) is 9.29. The zero-order chi connectivity index (χ0) is 19.1. The molecular weight excluding hydrogens is 414 g/mol. The average Bonchev–Trinajstić information content (AvgIpc) is 2.92. The Morgan fingerprint density at radius 2 is 1.77 bits per heavy atom. The summed E-state index contributed by atoms with van der Waals surface area (Å²) in [5, 5.41) is 0.362. The minimum atomic E-state index is -4.85. The van der Waals surface area contributed by atoms with Crippen LogP contribution in [0, 0.1) is 0 Å². The van der Waals surface area contributed by atoms with Crippen LogP contribution in [0.2, 0.25) is 10.2 Å². The lowest BCUT2D eigenvalue weighted by atomic mass is 10.1. The number of benzene rings is 1. The van der Waals surface area contributed by atoms with Gasteiger partial charge in [-0.25, -0.2) is 13.4 Å². The van der Waals surface area contributed by atoms with Gasteiger partial charge >= 0.3 is 6.18 Å². The first-order valence-electron chi connectivity index (χ1n) is 7.05. The van der Waals surface area contributed by atoms with Crippen molar-refractivity contribution in [2.24, 2.45) is 0 Å². The second kappa shape index (κ2) is 6.73. The first kappa shape index (κ1) is 19.0. The van der Waals surface area contributed by atoms with Gasteiger partial charge in [-0.15, -0.1) is 0 Å². The number of rotatable bonds is 4. The third-order valence-electron chi connectivity index (χ3n) is 3.52. The van der Waals surface area contributed by atoms with E-state index in [0.29, 0.717) is 0 Å². The van der Waals surface area contributed by atoms with Crippen LogP contribution in [0.3, 0.4) is 0 Å². The molecule has 26 heavy (non-hydrogen) atoms. The fraction of sp³-hybridized carbons (Fsp3) is 0.133. The molecule has 3 aromatic rings. The van der Waals surface area contributed by atoms with E-state index < -0.39 is 22.2 Å². The van der Waals surface area contributed by atoms with Crippen LogP contribution in [-0.4, -0.2) is 24.0 Å². The molecule has 1 atom stereocenters. The minimum absolute atomic E-state index is 0.127. The Hall–Kier alpha value is -1.81. The molecule has 1 N–H and O–H groups in total. The Morgan fingerprint density at radius 1 is 1.12 bits per heavy atom. The van der Waals surface area contributed by atoms with Gasteiger partial charge in [0.25, 0.3) is 0 Å². The predicted molar refractivity (Wildman–Crippen MR) is 90.8 cm³/mol. The van der Waals surface area contributed by atoms with Crippen molar-refractivity contribution in [2.45, 2.75) is 17.1 Å². The molecule has 5 nitrogen and oxygen atoms in total. The Balaban J connectivity index is 1.99. The van der Waals surface area contributed by atoms with Crippen LogP contribution in [0.15, 0.2) is 53.7 Å². The summed E-state index contributed by atoms with van der Waals surface area (Å²) in [7, 11) is -4.48. The summed E-state index contributed by atoms with van der Waals surface area (Å²) in [4.78, 5) is 3.52. The Morgan fingerprint density at radius 3 is 2.38 bits per heavy atom. The van der Waals surface area contributed by atoms with E-state index in [9.17, 15) is 21.6 Å². The molecule has 1 aromatic carbocycles. The van der Waals surface area contributed by atoms with Crippen molar-refractivity contribution in [2.75, 3.05) is 0 Å². The Bertz CT molecular complexity index is 1050. The molecule has 0 aliphatic rings. The molecule has 0 bridgehead atoms. The maximum Gasteiger partial charge on any atom is 0.408 e. The van der Waals surface area contributed by atoms with Crippen molar-refractivity contribution in [3.05, 3.63) is 64.5 Å². The van der Waals surface area contributed by atoms with Gasteiger partial charge in [-0.3, -0.25) is 0 Å². The Labute approximate surface area is 156 Å². The lowest BCUT2D eigenvalue weighted by Gasteiger charge is -2.22. The maximum absolute atomic E-state index is 13.4. The third kappa shape index (κ3) is 3.96. The molecule has 2 aromatic heterocycles. The van der Waals surface area contributed by atoms with Gasteiger partial charge in [0.05, 0.1) is 4.90 Å². The number of pyridine rings is 1. The molecule has 0 spiro atoms. The van der Waals surface area contributed by atoms with Gasteiger partial charge in [-0.2, -0.15) is 17.9 Å². The molecule has 11 heteroatoms. The van der Waals surface area contributed by atoms with Crippen molar-refractivity contribution in [1.29, 1.82) is 0 Å². The number of nitrogens with zero attached hydrogens (tertiary/aromatic N) is 2. The highest BCUT2D eigenvalue weighted by atomic mass is 35.5. The van der Waals surface area contributed by atoms with Crippen molar-refractivity contribution in [3.8, 4) is 0 Å². The summed E-state index contributed by atoms with van der Waals surface area (Å²) in [5.74, 6) is 0. The molecule has 2 heterocycles. The average molecular weight is 424 g/mol. The molecule has 0 radical (unpaired) electrons. The molecule has 3 rings (SSSR count). The highest BCUT2D eigenvalue weighted by molar-refractivity contribution is 7.89. The van der Waals surface area contributed by atoms with Crippen LogP contribution in [0.4, 0.5) is 13.2 Å². The summed E-state index contributed by atoms with van der Waals surface area (Å²) < 4.78 is 68.3. The van der Waals surface area contributed by atoms with Gasteiger partial charge in [0.2, 0.25) is 10.0 Å². The second-order valence-electron chi connectivity index (χ2n) is 5.34. The standard InChI is InChI=1S/C15H10Cl2F3N3O2S/c16-10-3-1-9(2-4-10)14(15(18,19)20)22-26(24,25)11-5-6-23-8-12(17)21-13(23)7-11/h1-8,14,22H/t14-/m1/s1. The van der Waals surface area contributed by atoms with Gasteiger partial charge in [-0.05, 0) is 23.8 Å². The number of alkyl halides is 3. The fourth-order valence-corrected chi connectivity index (χ4v) is 3.84. The Kier molecular flexibility index (Phi) is 4.91. The van der Waals surface area contributed by atoms with E-state index in [1.807, 2.05) is 0 Å². The van der Waals surface area contributed by atoms with Crippen LogP contribution >= 0.6 is 23.2 Å². The number of fused-ring (bicyclic) bond motifs is 1. The van der Waals surface area contributed by atoms with E-state index in [1.165, 1.54) is 28.9 Å². The molecule has 0 saturated heterocycles. The molecule has 138 valence electrons. The zero-order valence-electron chi connectivity index (χ0n) is 12.7. The van der Waals surface area contributed by atoms with E-state index in [1.54, 1.807) is 4.72 Å². The number of nitrogens with one attached hydrogen (secondary N) is 1. The quantitative estimate of drug-likeness (QED) is 0.682. The van der Waals surface area contributed by atoms with Crippen LogP contribution in [0.5, 0.6) is 0 Å². The lowest BCUT2D eigenvalue weighted by molar-refractivity contribution is -0.153. The number of aromatic nitrogens is 2. The normalized spacial score (nSPS) is 13.9. The van der Waals surface area contributed by atoms with Crippen molar-refractivity contribution in [3.63, 3.8) is 0 Å². The highest BCUT2D eigenvalue weighted by Gasteiger charge is 2.43. The smallest absolute Gasteiger partial charge is 0.305 e. The molecule has 0 unspecified atom stereocenters. The SMILES string of the molecule is O=S(=O)(N[C@H](c1ccc(Cl)cc1)C(F)(F)F)c1ccn2cc(Cl)nc2c1. The van der Waals surface area contributed by atoms with Gasteiger partial charge in [0.1, 0.15) is 16.8 Å². The topological polar surface area (TPSA) is 63.5 Å². The summed E-state index contributed by atoms with van der Waals surface area (Å²) in [6, 6.07) is 4.59. The molecule has 0 amide bonds. The third-order valence-corrected chi connectivity index (χ3v) is 5.37. The number of sulfonamides is 1. The summed E-state index contributed by atoms with van der Waals surface area (Å²) in [5.41, 5.74) is -0.0941. The van der Waals surface area contributed by atoms with Crippen molar-refractivity contribution in [1.82, 2.24) is 14.1 Å². The summed E-state index contributed by atoms with van der Waals surface area (Å²) >= 11 is 11.4. The first-order chi connectivity index (χ1) is 12.1. The number of hydrogen-bond acceptors (Lipinski definition) is 3. The van der Waals surface area contributed by atoms with E-state index in [0.717, 1.165) is 24.3 Å². The lowest BCUT2D eigenvalue weighted by Crippen LogP contribution is -2.38. The van der Waals surface area contributed by atoms with Gasteiger partial charge < -0.3 is 4.40 Å². The number of imidazole rings is 1. The highest BCUT2D eigenvalue weighted by Crippen LogP contribution is 2.34. The van der Waals surface area contributed by atoms with E-state index in [2.05, 4.69) is 4.98 Å². The minimum Gasteiger partial charge on any atom is -0.305 e. The van der Waals surface area contributed by atoms with Gasteiger partial charge in [0, 0.05) is 23.5 Å². The van der Waals surface area contributed by atoms with Crippen LogP contribution < -0.4 is 4.72 Å². The number of hydrogen-bond donors (Lipinski definition) is 1. The monoisotopic (exact) mass is 423 g/mol. The molecule has 0 fully saturated rings. The molecule has 0 aliphatic heterocycles. The predicted octanol–water partition coefficient (Wildman–Crippen LogP) is 4.22. The fourth-order valence-electron chi connectivity index (χ4n) is 2.30. The molecular formula is C15H10Cl2F3N3O2S. The van der Waals surface area contributed by atoms with E-state index >= 15 is 0 Å². The van der Waals surface area contributed by atoms with Crippen LogP contribution in [0.1, 0.15) is 11.6 Å². The van der Waals surface area contributed by atoms with Gasteiger partial charge in [-0.1, -0.05) is 35.3 Å². The van der Waals surface area contributed by atoms with Crippen LogP contribution in [-0.2, 0) is 10.0 Å². The second-order valence-corrected chi connectivity index (χ2v) is 7.88. The summed E-state index contributed by atoms with van der Waals surface area (Å²) in [6.07, 6.45) is -2.07. The molecule has 0 aliphatic carbocycles. The number of halogens is 5. The zero-order valence-corrected chi connectivity index (χ0v) is 15.0. The molecule has 0 saturated carbocycles. The van der Waals surface area contributed by atoms with E-state index in [-0.39, 0.29) is 26.3 Å². The van der Waals surface area contributed by atoms with Crippen LogP contribution in [0.25, 0.3) is 5.65 Å². The maximum atomic E-state index is 13.4. The largest absolute Gasteiger partial charge is 0.408 e. The van der Waals surface area contributed by atoms with Gasteiger partial charge in [0.15, 0.2) is 0 Å². The van der Waals surface area contributed by atoms with Crippen molar-refractivity contribution < 1.29 is 21.6 Å².